The Balaban J connectivity index is 1.53. The van der Waals surface area contributed by atoms with Gasteiger partial charge in [0.2, 0.25) is 11.8 Å². The zero-order valence-corrected chi connectivity index (χ0v) is 18.2. The van der Waals surface area contributed by atoms with Crippen LogP contribution in [-0.2, 0) is 9.59 Å². The first-order valence-electron chi connectivity index (χ1n) is 11.0. The lowest BCUT2D eigenvalue weighted by atomic mass is 9.94. The molecule has 2 aliphatic rings. The summed E-state index contributed by atoms with van der Waals surface area (Å²) >= 11 is 0. The van der Waals surface area contributed by atoms with Crippen LogP contribution < -0.4 is 0 Å². The van der Waals surface area contributed by atoms with Gasteiger partial charge >= 0.3 is 0 Å². The highest BCUT2D eigenvalue weighted by atomic mass is 16.2. The number of piperazine rings is 1. The summed E-state index contributed by atoms with van der Waals surface area (Å²) in [5, 5.41) is 0. The number of hydrogen-bond acceptors (Lipinski definition) is 3. The van der Waals surface area contributed by atoms with Crippen molar-refractivity contribution in [2.75, 3.05) is 45.8 Å². The van der Waals surface area contributed by atoms with Gasteiger partial charge in [-0.2, -0.15) is 0 Å². The van der Waals surface area contributed by atoms with Crippen LogP contribution in [0.2, 0.25) is 0 Å². The Morgan fingerprint density at radius 3 is 2.10 bits per heavy atom. The third-order valence-corrected chi connectivity index (χ3v) is 6.07. The highest BCUT2D eigenvalue weighted by molar-refractivity contribution is 5.95. The molecular weight excluding hydrogens is 362 g/mol. The van der Waals surface area contributed by atoms with Gasteiger partial charge in [0.05, 0.1) is 0 Å². The maximum absolute atomic E-state index is 12.9. The standard InChI is InChI=1S/C24H35N3O2/c1-19(2)22(21-8-6-20(3)7-9-21)18-24(29)27-16-14-26(15-17-27)23(28)10-13-25-11-4-5-12-25/h6-9,18-19H,4-5,10-17H2,1-3H3/b22-18+. The maximum Gasteiger partial charge on any atom is 0.246 e. The number of aryl methyl sites for hydroxylation is 1. The van der Waals surface area contributed by atoms with Gasteiger partial charge in [-0.25, -0.2) is 0 Å². The fourth-order valence-electron chi connectivity index (χ4n) is 4.15. The normalized spacial score (nSPS) is 18.6. The molecule has 0 spiro atoms. The molecule has 2 fully saturated rings. The second-order valence-corrected chi connectivity index (χ2v) is 8.63. The molecule has 2 aliphatic heterocycles. The molecule has 1 aromatic rings. The molecule has 29 heavy (non-hydrogen) atoms. The van der Waals surface area contributed by atoms with E-state index in [1.54, 1.807) is 6.08 Å². The van der Waals surface area contributed by atoms with E-state index in [-0.39, 0.29) is 17.7 Å². The van der Waals surface area contributed by atoms with Crippen LogP contribution in [0.25, 0.3) is 5.57 Å². The van der Waals surface area contributed by atoms with Gasteiger partial charge in [0, 0.05) is 45.2 Å². The van der Waals surface area contributed by atoms with E-state index >= 15 is 0 Å². The summed E-state index contributed by atoms with van der Waals surface area (Å²) in [6, 6.07) is 8.35. The topological polar surface area (TPSA) is 43.9 Å². The summed E-state index contributed by atoms with van der Waals surface area (Å²) in [6.07, 6.45) is 4.89. The monoisotopic (exact) mass is 397 g/mol. The minimum Gasteiger partial charge on any atom is -0.339 e. The number of hydrogen-bond donors (Lipinski definition) is 0. The average Bonchev–Trinajstić information content (AvgIpc) is 3.24. The Labute approximate surface area is 175 Å². The molecule has 0 saturated carbocycles. The summed E-state index contributed by atoms with van der Waals surface area (Å²) in [6.45, 7) is 11.9. The summed E-state index contributed by atoms with van der Waals surface area (Å²) in [5.41, 5.74) is 3.39. The second kappa shape index (κ2) is 10.1. The summed E-state index contributed by atoms with van der Waals surface area (Å²) in [5.74, 6) is 0.551. The quantitative estimate of drug-likeness (QED) is 0.693. The highest BCUT2D eigenvalue weighted by Gasteiger charge is 2.24. The van der Waals surface area contributed by atoms with Gasteiger partial charge in [0.25, 0.3) is 0 Å². The molecule has 0 N–H and O–H groups in total. The highest BCUT2D eigenvalue weighted by Crippen LogP contribution is 2.24. The fourth-order valence-corrected chi connectivity index (χ4v) is 4.15. The smallest absolute Gasteiger partial charge is 0.246 e. The first-order valence-corrected chi connectivity index (χ1v) is 11.0. The van der Waals surface area contributed by atoms with Crippen LogP contribution in [0.1, 0.15) is 44.2 Å². The van der Waals surface area contributed by atoms with Crippen LogP contribution in [0.3, 0.4) is 0 Å². The Bertz CT molecular complexity index is 725. The molecule has 2 heterocycles. The van der Waals surface area contributed by atoms with E-state index in [0.29, 0.717) is 32.6 Å². The maximum atomic E-state index is 12.9. The van der Waals surface area contributed by atoms with Gasteiger partial charge in [0.1, 0.15) is 0 Å². The van der Waals surface area contributed by atoms with E-state index in [4.69, 9.17) is 0 Å². The molecule has 0 aromatic heterocycles. The molecule has 2 saturated heterocycles. The number of carbonyl (C=O) groups excluding carboxylic acids is 2. The third kappa shape index (κ3) is 5.92. The largest absolute Gasteiger partial charge is 0.339 e. The van der Waals surface area contributed by atoms with E-state index in [1.807, 2.05) is 9.80 Å². The summed E-state index contributed by atoms with van der Waals surface area (Å²) in [7, 11) is 0. The van der Waals surface area contributed by atoms with Crippen molar-refractivity contribution in [3.8, 4) is 0 Å². The lowest BCUT2D eigenvalue weighted by molar-refractivity contribution is -0.137. The van der Waals surface area contributed by atoms with Crippen LogP contribution in [0.15, 0.2) is 30.3 Å². The van der Waals surface area contributed by atoms with Gasteiger partial charge < -0.3 is 14.7 Å². The molecule has 5 nitrogen and oxygen atoms in total. The van der Waals surface area contributed by atoms with Gasteiger partial charge in [0.15, 0.2) is 0 Å². The molecule has 0 unspecified atom stereocenters. The summed E-state index contributed by atoms with van der Waals surface area (Å²) in [4.78, 5) is 31.5. The Morgan fingerprint density at radius 2 is 1.52 bits per heavy atom. The first kappa shape index (κ1) is 21.6. The number of allylic oxidation sites excluding steroid dienone is 1. The van der Waals surface area contributed by atoms with Crippen LogP contribution in [-0.4, -0.2) is 72.3 Å². The molecule has 0 radical (unpaired) electrons. The van der Waals surface area contributed by atoms with Crippen molar-refractivity contribution in [2.24, 2.45) is 5.92 Å². The molecule has 5 heteroatoms. The van der Waals surface area contributed by atoms with E-state index in [2.05, 4.69) is 49.9 Å². The molecule has 2 amide bonds. The van der Waals surface area contributed by atoms with Crippen molar-refractivity contribution in [3.05, 3.63) is 41.5 Å². The molecule has 1 aromatic carbocycles. The van der Waals surface area contributed by atoms with Gasteiger partial charge in [-0.1, -0.05) is 43.7 Å². The Kier molecular flexibility index (Phi) is 7.48. The van der Waals surface area contributed by atoms with Crippen LogP contribution in [0.4, 0.5) is 0 Å². The number of likely N-dealkylation sites (tertiary alicyclic amines) is 1. The number of rotatable bonds is 6. The van der Waals surface area contributed by atoms with Crippen LogP contribution in [0, 0.1) is 12.8 Å². The SMILES string of the molecule is Cc1ccc(/C(=C/C(=O)N2CCN(C(=O)CCN3CCCC3)CC2)C(C)C)cc1. The molecule has 3 rings (SSSR count). The van der Waals surface area contributed by atoms with Gasteiger partial charge in [-0.15, -0.1) is 0 Å². The number of nitrogens with zero attached hydrogens (tertiary/aromatic N) is 3. The second-order valence-electron chi connectivity index (χ2n) is 8.63. The average molecular weight is 398 g/mol. The molecular formula is C24H35N3O2. The van der Waals surface area contributed by atoms with Crippen molar-refractivity contribution >= 4 is 17.4 Å². The van der Waals surface area contributed by atoms with E-state index in [0.717, 1.165) is 30.8 Å². The zero-order valence-electron chi connectivity index (χ0n) is 18.2. The molecule has 0 atom stereocenters. The van der Waals surface area contributed by atoms with E-state index < -0.39 is 0 Å². The number of benzene rings is 1. The minimum absolute atomic E-state index is 0.0541. The lowest BCUT2D eigenvalue weighted by Crippen LogP contribution is -2.50. The zero-order chi connectivity index (χ0) is 20.8. The van der Waals surface area contributed by atoms with Crippen molar-refractivity contribution < 1.29 is 9.59 Å². The predicted octanol–water partition coefficient (Wildman–Crippen LogP) is 3.19. The van der Waals surface area contributed by atoms with Gasteiger partial charge in [-0.3, -0.25) is 9.59 Å². The molecule has 158 valence electrons. The van der Waals surface area contributed by atoms with Crippen molar-refractivity contribution in [1.82, 2.24) is 14.7 Å². The lowest BCUT2D eigenvalue weighted by Gasteiger charge is -2.35. The number of carbonyl (C=O) groups is 2. The van der Waals surface area contributed by atoms with Crippen LogP contribution >= 0.6 is 0 Å². The Hall–Kier alpha value is -2.14. The van der Waals surface area contributed by atoms with Crippen molar-refractivity contribution in [3.63, 3.8) is 0 Å². The first-order chi connectivity index (χ1) is 13.9. The molecule has 0 bridgehead atoms. The van der Waals surface area contributed by atoms with Crippen LogP contribution in [0.5, 0.6) is 0 Å². The fraction of sp³-hybridized carbons (Fsp3) is 0.583. The van der Waals surface area contributed by atoms with Crippen molar-refractivity contribution in [1.29, 1.82) is 0 Å². The van der Waals surface area contributed by atoms with Gasteiger partial charge in [-0.05, 0) is 49.9 Å². The third-order valence-electron chi connectivity index (χ3n) is 6.07. The number of amides is 2. The van der Waals surface area contributed by atoms with Crippen molar-refractivity contribution in [2.45, 2.75) is 40.0 Å². The van der Waals surface area contributed by atoms with E-state index in [9.17, 15) is 9.59 Å². The van der Waals surface area contributed by atoms with E-state index in [1.165, 1.54) is 18.4 Å². The Morgan fingerprint density at radius 1 is 0.931 bits per heavy atom. The molecule has 0 aliphatic carbocycles. The predicted molar refractivity (Wildman–Crippen MR) is 117 cm³/mol. The summed E-state index contributed by atoms with van der Waals surface area (Å²) < 4.78 is 0. The minimum atomic E-state index is 0.0541.